The minimum absolute atomic E-state index is 0.0441. The molecule has 4 N–H and O–H groups in total. The fraction of sp³-hybridized carbons (Fsp3) is 0.974. The van der Waals surface area contributed by atoms with E-state index >= 15 is 0 Å². The van der Waals surface area contributed by atoms with Gasteiger partial charge in [-0.15, -0.1) is 0 Å². The highest BCUT2D eigenvalue weighted by molar-refractivity contribution is 5.70. The summed E-state index contributed by atoms with van der Waals surface area (Å²) in [5.74, 6) is 0.295. The quantitative estimate of drug-likeness (QED) is 0.298. The normalized spacial score (nSPS) is 24.7. The van der Waals surface area contributed by atoms with Gasteiger partial charge in [0.15, 0.2) is 0 Å². The number of aliphatic hydroxyl groups is 3. The van der Waals surface area contributed by atoms with Crippen molar-refractivity contribution in [1.82, 2.24) is 24.5 Å². The van der Waals surface area contributed by atoms with Gasteiger partial charge >= 0.3 is 5.97 Å². The Morgan fingerprint density at radius 3 is 1.18 bits per heavy atom. The first-order chi connectivity index (χ1) is 22.8. The zero-order valence-corrected chi connectivity index (χ0v) is 33.9. The molecule has 0 aromatic rings. The number of rotatable bonds is 7. The number of carbonyl (C=O) groups is 1. The van der Waals surface area contributed by atoms with Gasteiger partial charge in [0, 0.05) is 69.5 Å². The van der Waals surface area contributed by atoms with E-state index in [-0.39, 0.29) is 18.1 Å². The second-order valence-electron chi connectivity index (χ2n) is 17.0. The second kappa shape index (κ2) is 22.9. The molecule has 0 amide bonds. The molecule has 5 rings (SSSR count). The van der Waals surface area contributed by atoms with Gasteiger partial charge in [-0.25, -0.2) is 0 Å². The van der Waals surface area contributed by atoms with Crippen LogP contribution in [-0.2, 0) is 4.79 Å². The molecule has 0 radical (unpaired) electrons. The maximum absolute atomic E-state index is 10.6. The van der Waals surface area contributed by atoms with E-state index in [1.165, 1.54) is 32.4 Å². The third-order valence-electron chi connectivity index (χ3n) is 10.9. The molecule has 5 aliphatic rings. The van der Waals surface area contributed by atoms with Crippen LogP contribution in [0.3, 0.4) is 0 Å². The molecule has 0 aliphatic carbocycles. The molecule has 1 unspecified atom stereocenters. The van der Waals surface area contributed by atoms with E-state index in [0.29, 0.717) is 24.2 Å². The van der Waals surface area contributed by atoms with Gasteiger partial charge in [-0.05, 0) is 140 Å². The molecule has 5 aliphatic heterocycles. The van der Waals surface area contributed by atoms with Gasteiger partial charge in [-0.3, -0.25) is 19.5 Å². The van der Waals surface area contributed by atoms with Crippen molar-refractivity contribution in [2.24, 2.45) is 11.8 Å². The van der Waals surface area contributed by atoms with Gasteiger partial charge in [0.2, 0.25) is 0 Å². The summed E-state index contributed by atoms with van der Waals surface area (Å²) in [7, 11) is 0. The summed E-state index contributed by atoms with van der Waals surface area (Å²) in [5.41, 5.74) is -0.399. The zero-order valence-electron chi connectivity index (χ0n) is 33.9. The first kappa shape index (κ1) is 46.2. The van der Waals surface area contributed by atoms with Crippen LogP contribution in [-0.4, -0.2) is 164 Å². The van der Waals surface area contributed by atoms with Crippen molar-refractivity contribution in [2.75, 3.05) is 65.4 Å². The molecule has 1 atom stereocenters. The van der Waals surface area contributed by atoms with Crippen LogP contribution in [0.5, 0.6) is 0 Å². The van der Waals surface area contributed by atoms with Gasteiger partial charge in [0.05, 0.1) is 23.7 Å². The third kappa shape index (κ3) is 18.5. The molecule has 10 heteroatoms. The number of hydrogen-bond acceptors (Lipinski definition) is 9. The smallest absolute Gasteiger partial charge is 0.306 e. The summed E-state index contributed by atoms with van der Waals surface area (Å²) >= 11 is 0. The molecular formula is C39H81N5O5. The molecular weight excluding hydrogens is 618 g/mol. The molecule has 5 fully saturated rings. The number of carboxylic acid groups (broad SMARTS) is 1. The Kier molecular flexibility index (Phi) is 21.6. The number of hydrogen-bond donors (Lipinski definition) is 4. The molecule has 0 aromatic carbocycles. The van der Waals surface area contributed by atoms with E-state index in [1.807, 2.05) is 6.92 Å². The van der Waals surface area contributed by atoms with E-state index in [2.05, 4.69) is 101 Å². The number of aliphatic carboxylic acids is 1. The predicted molar refractivity (Wildman–Crippen MR) is 204 cm³/mol. The van der Waals surface area contributed by atoms with Crippen LogP contribution < -0.4 is 0 Å². The number of carboxylic acids is 1. The lowest BCUT2D eigenvalue weighted by molar-refractivity contribution is -0.143. The van der Waals surface area contributed by atoms with E-state index < -0.39 is 11.6 Å². The monoisotopic (exact) mass is 700 g/mol. The van der Waals surface area contributed by atoms with Crippen molar-refractivity contribution in [1.29, 1.82) is 0 Å². The zero-order chi connectivity index (χ0) is 37.5. The summed E-state index contributed by atoms with van der Waals surface area (Å²) < 4.78 is 0. The molecule has 0 saturated carbocycles. The van der Waals surface area contributed by atoms with Crippen LogP contribution in [0.2, 0.25) is 0 Å². The fourth-order valence-corrected chi connectivity index (χ4v) is 6.88. The Balaban J connectivity index is 0.000000308. The van der Waals surface area contributed by atoms with E-state index in [0.717, 1.165) is 83.6 Å². The predicted octanol–water partition coefficient (Wildman–Crippen LogP) is 4.70. The van der Waals surface area contributed by atoms with Crippen LogP contribution >= 0.6 is 0 Å². The Morgan fingerprint density at radius 2 is 0.959 bits per heavy atom. The topological polar surface area (TPSA) is 114 Å². The number of likely N-dealkylation sites (tertiary alicyclic amines) is 5. The highest BCUT2D eigenvalue weighted by Gasteiger charge is 2.37. The van der Waals surface area contributed by atoms with E-state index in [9.17, 15) is 9.90 Å². The van der Waals surface area contributed by atoms with Crippen molar-refractivity contribution < 1.29 is 25.2 Å². The minimum atomic E-state index is -0.626. The van der Waals surface area contributed by atoms with Crippen LogP contribution in [0, 0.1) is 11.8 Å². The SMILES string of the molecule is CC(C)N1CC(C)(O)C1.CC(C)N1CC(O)C1.CC(C)N1CCC(C(=O)O)CC1.CC(C)N1CCC(O)C1.CCC1CCN(C(C)C)CC1. The van der Waals surface area contributed by atoms with E-state index in [4.69, 9.17) is 15.3 Å². The van der Waals surface area contributed by atoms with Gasteiger partial charge in [-0.1, -0.05) is 13.3 Å². The average Bonchev–Trinajstić information content (AvgIpc) is 3.46. The summed E-state index contributed by atoms with van der Waals surface area (Å²) in [5, 5.41) is 36.0. The van der Waals surface area contributed by atoms with Gasteiger partial charge in [-0.2, -0.15) is 0 Å². The average molecular weight is 700 g/mol. The summed E-state index contributed by atoms with van der Waals surface area (Å²) in [6.07, 6.45) is 6.71. The van der Waals surface area contributed by atoms with Crippen molar-refractivity contribution in [3.05, 3.63) is 0 Å². The highest BCUT2D eigenvalue weighted by atomic mass is 16.4. The highest BCUT2D eigenvalue weighted by Crippen LogP contribution is 2.22. The van der Waals surface area contributed by atoms with Crippen molar-refractivity contribution >= 4 is 5.97 Å². The summed E-state index contributed by atoms with van der Waals surface area (Å²) in [6.45, 7) is 35.9. The molecule has 0 spiro atoms. The van der Waals surface area contributed by atoms with Gasteiger partial charge < -0.3 is 30.2 Å². The molecule has 0 bridgehead atoms. The second-order valence-corrected chi connectivity index (χ2v) is 17.0. The Morgan fingerprint density at radius 1 is 0.592 bits per heavy atom. The Bertz CT molecular complexity index is 856. The first-order valence-corrected chi connectivity index (χ1v) is 19.8. The lowest BCUT2D eigenvalue weighted by atomic mass is 9.94. The molecule has 5 heterocycles. The van der Waals surface area contributed by atoms with Crippen molar-refractivity contribution in [2.45, 2.75) is 170 Å². The maximum Gasteiger partial charge on any atom is 0.306 e. The van der Waals surface area contributed by atoms with Gasteiger partial charge in [0.25, 0.3) is 0 Å². The maximum atomic E-state index is 10.6. The minimum Gasteiger partial charge on any atom is -0.481 e. The molecule has 0 aromatic heterocycles. The van der Waals surface area contributed by atoms with Crippen LogP contribution in [0.25, 0.3) is 0 Å². The number of β-amino-alcohol motifs (C(OH)–C–C–N with tert-alkyl or cyclic N) is 3. The summed E-state index contributed by atoms with van der Waals surface area (Å²) in [6, 6.07) is 3.11. The Hall–Kier alpha value is -0.850. The standard InChI is InChI=1S/C10H21N.C9H17NO2.2C7H15NO.C6H13NO/c1-4-10-5-7-11(8-6-10)9(2)3;1-7(2)10-5-3-8(4-6-10)9(11)12;1-6(2)8-4-7(3,9)5-8;1-6(2)8-4-3-7(9)5-8;1-5(2)7-3-6(8)4-7/h9-10H,4-8H2,1-3H3;7-8H,3-6H2,1-2H3,(H,11,12);6,9H,4-5H2,1-3H3;6-7,9H,3-5H2,1-2H3;5-6,8H,3-4H2,1-2H3. The molecule has 49 heavy (non-hydrogen) atoms. The first-order valence-electron chi connectivity index (χ1n) is 19.8. The Labute approximate surface area is 302 Å². The number of piperidine rings is 2. The van der Waals surface area contributed by atoms with Crippen LogP contribution in [0.4, 0.5) is 0 Å². The number of aliphatic hydroxyl groups excluding tert-OH is 2. The third-order valence-corrected chi connectivity index (χ3v) is 10.9. The van der Waals surface area contributed by atoms with Crippen LogP contribution in [0.15, 0.2) is 0 Å². The lowest BCUT2D eigenvalue weighted by Gasteiger charge is -2.46. The van der Waals surface area contributed by atoms with Gasteiger partial charge in [0.1, 0.15) is 0 Å². The van der Waals surface area contributed by atoms with Crippen molar-refractivity contribution in [3.8, 4) is 0 Å². The largest absolute Gasteiger partial charge is 0.481 e. The van der Waals surface area contributed by atoms with E-state index in [1.54, 1.807) is 0 Å². The molecule has 292 valence electrons. The van der Waals surface area contributed by atoms with Crippen molar-refractivity contribution in [3.63, 3.8) is 0 Å². The summed E-state index contributed by atoms with van der Waals surface area (Å²) in [4.78, 5) is 22.3. The molecule has 10 nitrogen and oxygen atoms in total. The fourth-order valence-electron chi connectivity index (χ4n) is 6.88. The lowest BCUT2D eigenvalue weighted by Crippen LogP contribution is -2.61. The van der Waals surface area contributed by atoms with Crippen LogP contribution in [0.1, 0.15) is 122 Å². The number of nitrogens with zero attached hydrogens (tertiary/aromatic N) is 5. The molecule has 5 saturated heterocycles.